The lowest BCUT2D eigenvalue weighted by atomic mass is 10.0. The monoisotopic (exact) mass is 238 g/mol. The molecule has 0 aromatic heterocycles. The maximum absolute atomic E-state index is 12.6. The Balaban J connectivity index is 2.58. The lowest BCUT2D eigenvalue weighted by Crippen LogP contribution is -2.05. The van der Waals surface area contributed by atoms with Gasteiger partial charge in [-0.25, -0.2) is 0 Å². The molecule has 0 bridgehead atoms. The highest BCUT2D eigenvalue weighted by Crippen LogP contribution is 2.40. The quantitative estimate of drug-likeness (QED) is 0.793. The van der Waals surface area contributed by atoms with Crippen molar-refractivity contribution in [3.8, 4) is 16.9 Å². The second-order valence-corrected chi connectivity index (χ2v) is 3.57. The fraction of sp³-hybridized carbons (Fsp3) is 0.0769. The second-order valence-electron chi connectivity index (χ2n) is 3.57. The minimum Gasteiger partial charge on any atom is -0.507 e. The van der Waals surface area contributed by atoms with Crippen LogP contribution in [0.2, 0.25) is 0 Å². The van der Waals surface area contributed by atoms with E-state index in [0.29, 0.717) is 5.56 Å². The summed E-state index contributed by atoms with van der Waals surface area (Å²) in [5.41, 5.74) is -0.282. The van der Waals surface area contributed by atoms with Crippen LogP contribution in [-0.4, -0.2) is 5.11 Å². The molecule has 2 aromatic carbocycles. The molecule has 17 heavy (non-hydrogen) atoms. The summed E-state index contributed by atoms with van der Waals surface area (Å²) in [6.45, 7) is 0. The van der Waals surface area contributed by atoms with E-state index in [2.05, 4.69) is 0 Å². The van der Waals surface area contributed by atoms with Crippen LogP contribution in [0.4, 0.5) is 13.2 Å². The van der Waals surface area contributed by atoms with E-state index < -0.39 is 17.5 Å². The number of aromatic hydroxyl groups is 1. The van der Waals surface area contributed by atoms with Crippen molar-refractivity contribution in [2.45, 2.75) is 6.18 Å². The van der Waals surface area contributed by atoms with Crippen LogP contribution in [0.3, 0.4) is 0 Å². The highest BCUT2D eigenvalue weighted by Gasteiger charge is 2.34. The molecule has 0 heterocycles. The van der Waals surface area contributed by atoms with Crippen LogP contribution in [0, 0.1) is 0 Å². The number of phenols is 1. The molecule has 0 saturated heterocycles. The summed E-state index contributed by atoms with van der Waals surface area (Å²) in [5.74, 6) is -0.730. The molecule has 2 rings (SSSR count). The zero-order valence-corrected chi connectivity index (χ0v) is 8.70. The van der Waals surface area contributed by atoms with Gasteiger partial charge >= 0.3 is 6.18 Å². The molecule has 0 fully saturated rings. The van der Waals surface area contributed by atoms with Crippen molar-refractivity contribution >= 4 is 0 Å². The predicted octanol–water partition coefficient (Wildman–Crippen LogP) is 4.08. The van der Waals surface area contributed by atoms with Crippen molar-refractivity contribution in [3.63, 3.8) is 0 Å². The molecule has 2 aromatic rings. The van der Waals surface area contributed by atoms with Crippen molar-refractivity contribution in [1.82, 2.24) is 0 Å². The third-order valence-electron chi connectivity index (χ3n) is 2.43. The standard InChI is InChI=1S/C13H9F3O/c14-13(15,16)11-8-4-7-10(12(11)17)9-5-2-1-3-6-9/h1-8,17H. The lowest BCUT2D eigenvalue weighted by Gasteiger charge is -2.12. The van der Waals surface area contributed by atoms with E-state index in [4.69, 9.17) is 0 Å². The van der Waals surface area contributed by atoms with Gasteiger partial charge in [-0.1, -0.05) is 42.5 Å². The largest absolute Gasteiger partial charge is 0.507 e. The minimum atomic E-state index is -4.55. The van der Waals surface area contributed by atoms with Crippen LogP contribution in [-0.2, 0) is 6.18 Å². The Morgan fingerprint density at radius 3 is 2.06 bits per heavy atom. The van der Waals surface area contributed by atoms with Gasteiger partial charge < -0.3 is 5.11 Å². The number of benzene rings is 2. The average molecular weight is 238 g/mol. The first-order valence-corrected chi connectivity index (χ1v) is 4.95. The molecule has 0 aliphatic carbocycles. The van der Waals surface area contributed by atoms with Crippen molar-refractivity contribution in [2.24, 2.45) is 0 Å². The van der Waals surface area contributed by atoms with Gasteiger partial charge in [0, 0.05) is 5.56 Å². The van der Waals surface area contributed by atoms with Gasteiger partial charge in [0.1, 0.15) is 5.75 Å². The summed E-state index contributed by atoms with van der Waals surface area (Å²) in [6, 6.07) is 12.1. The van der Waals surface area contributed by atoms with Crippen LogP contribution in [0.25, 0.3) is 11.1 Å². The summed E-state index contributed by atoms with van der Waals surface area (Å²) in [7, 11) is 0. The van der Waals surface area contributed by atoms with Gasteiger partial charge in [0.05, 0.1) is 5.56 Å². The van der Waals surface area contributed by atoms with Crippen molar-refractivity contribution in [3.05, 3.63) is 54.1 Å². The number of hydrogen-bond donors (Lipinski definition) is 1. The van der Waals surface area contributed by atoms with Gasteiger partial charge in [-0.3, -0.25) is 0 Å². The predicted molar refractivity (Wildman–Crippen MR) is 58.5 cm³/mol. The summed E-state index contributed by atoms with van der Waals surface area (Å²) < 4.78 is 37.8. The minimum absolute atomic E-state index is 0.181. The topological polar surface area (TPSA) is 20.2 Å². The number of phenolic OH excluding ortho intramolecular Hbond substituents is 1. The molecular formula is C13H9F3O. The van der Waals surface area contributed by atoms with Crippen LogP contribution in [0.15, 0.2) is 48.5 Å². The highest BCUT2D eigenvalue weighted by atomic mass is 19.4. The molecule has 0 radical (unpaired) electrons. The zero-order valence-electron chi connectivity index (χ0n) is 8.70. The first-order chi connectivity index (χ1) is 8.00. The molecular weight excluding hydrogens is 229 g/mol. The van der Waals surface area contributed by atoms with Gasteiger partial charge in [-0.15, -0.1) is 0 Å². The molecule has 4 heteroatoms. The number of rotatable bonds is 1. The van der Waals surface area contributed by atoms with Gasteiger partial charge in [0.25, 0.3) is 0 Å². The van der Waals surface area contributed by atoms with Gasteiger partial charge in [0.15, 0.2) is 0 Å². The highest BCUT2D eigenvalue weighted by molar-refractivity contribution is 5.71. The Labute approximate surface area is 96.1 Å². The lowest BCUT2D eigenvalue weighted by molar-refractivity contribution is -0.138. The third kappa shape index (κ3) is 2.25. The molecule has 1 nitrogen and oxygen atoms in total. The Hall–Kier alpha value is -1.97. The van der Waals surface area contributed by atoms with Gasteiger partial charge in [-0.2, -0.15) is 13.2 Å². The van der Waals surface area contributed by atoms with Crippen molar-refractivity contribution in [1.29, 1.82) is 0 Å². The summed E-state index contributed by atoms with van der Waals surface area (Å²) in [5, 5.41) is 9.66. The molecule has 0 atom stereocenters. The maximum Gasteiger partial charge on any atom is 0.419 e. The van der Waals surface area contributed by atoms with Crippen molar-refractivity contribution in [2.75, 3.05) is 0 Å². The van der Waals surface area contributed by atoms with E-state index in [1.165, 1.54) is 12.1 Å². The van der Waals surface area contributed by atoms with E-state index in [1.807, 2.05) is 0 Å². The molecule has 0 saturated carbocycles. The van der Waals surface area contributed by atoms with E-state index in [1.54, 1.807) is 30.3 Å². The molecule has 0 spiro atoms. The number of para-hydroxylation sites is 1. The fourth-order valence-electron chi connectivity index (χ4n) is 1.62. The summed E-state index contributed by atoms with van der Waals surface area (Å²) in [6.07, 6.45) is -4.55. The molecule has 0 amide bonds. The SMILES string of the molecule is Oc1c(-c2ccccc2)cccc1C(F)(F)F. The summed E-state index contributed by atoms with van der Waals surface area (Å²) >= 11 is 0. The van der Waals surface area contributed by atoms with Crippen LogP contribution < -0.4 is 0 Å². The number of alkyl halides is 3. The first kappa shape index (κ1) is 11.5. The third-order valence-corrected chi connectivity index (χ3v) is 2.43. The van der Waals surface area contributed by atoms with E-state index in [-0.39, 0.29) is 5.56 Å². The maximum atomic E-state index is 12.6. The number of hydrogen-bond acceptors (Lipinski definition) is 1. The molecule has 1 N–H and O–H groups in total. The molecule has 0 aliphatic rings. The van der Waals surface area contributed by atoms with Gasteiger partial charge in [0.2, 0.25) is 0 Å². The Morgan fingerprint density at radius 1 is 0.824 bits per heavy atom. The first-order valence-electron chi connectivity index (χ1n) is 4.95. The van der Waals surface area contributed by atoms with Crippen LogP contribution >= 0.6 is 0 Å². The normalized spacial score (nSPS) is 11.5. The second kappa shape index (κ2) is 4.13. The average Bonchev–Trinajstić information content (AvgIpc) is 2.29. The zero-order chi connectivity index (χ0) is 12.5. The summed E-state index contributed by atoms with van der Waals surface area (Å²) in [4.78, 5) is 0. The smallest absolute Gasteiger partial charge is 0.419 e. The van der Waals surface area contributed by atoms with Gasteiger partial charge in [-0.05, 0) is 11.6 Å². The van der Waals surface area contributed by atoms with Crippen LogP contribution in [0.1, 0.15) is 5.56 Å². The van der Waals surface area contributed by atoms with Crippen molar-refractivity contribution < 1.29 is 18.3 Å². The molecule has 0 unspecified atom stereocenters. The number of halogens is 3. The Morgan fingerprint density at radius 2 is 1.47 bits per heavy atom. The molecule has 0 aliphatic heterocycles. The van der Waals surface area contributed by atoms with E-state index in [0.717, 1.165) is 6.07 Å². The Kier molecular flexibility index (Phi) is 2.79. The van der Waals surface area contributed by atoms with E-state index in [9.17, 15) is 18.3 Å². The van der Waals surface area contributed by atoms with E-state index >= 15 is 0 Å². The molecule has 88 valence electrons. The Bertz CT molecular complexity index is 518. The van der Waals surface area contributed by atoms with Crippen LogP contribution in [0.5, 0.6) is 5.75 Å². The fourth-order valence-corrected chi connectivity index (χ4v) is 1.62.